The normalized spacial score (nSPS) is 12.5. The van der Waals surface area contributed by atoms with Gasteiger partial charge < -0.3 is 4.74 Å². The molecule has 1 aliphatic rings. The minimum Gasteiger partial charge on any atom is -0.493 e. The second-order valence-electron chi connectivity index (χ2n) is 4.97. The second-order valence-corrected chi connectivity index (χ2v) is 4.97. The number of amides is 1. The summed E-state index contributed by atoms with van der Waals surface area (Å²) in [5.74, 6) is 1.01. The number of anilines is 1. The molecule has 0 saturated carbocycles. The van der Waals surface area contributed by atoms with Gasteiger partial charge in [0, 0.05) is 23.4 Å². The predicted molar refractivity (Wildman–Crippen MR) is 78.2 cm³/mol. The number of aromatic nitrogens is 2. The van der Waals surface area contributed by atoms with Gasteiger partial charge in [0.1, 0.15) is 5.75 Å². The third kappa shape index (κ3) is 2.94. The van der Waals surface area contributed by atoms with Gasteiger partial charge in [-0.1, -0.05) is 0 Å². The number of nitrogens with one attached hydrogen (secondary N) is 2. The summed E-state index contributed by atoms with van der Waals surface area (Å²) in [6.45, 7) is 4.43. The van der Waals surface area contributed by atoms with Gasteiger partial charge in [0.05, 0.1) is 6.61 Å². The molecule has 0 bridgehead atoms. The fraction of sp³-hybridized carbons (Fsp3) is 0.267. The molecule has 0 spiro atoms. The van der Waals surface area contributed by atoms with Crippen molar-refractivity contribution in [3.05, 3.63) is 46.8 Å². The van der Waals surface area contributed by atoms with Crippen molar-refractivity contribution in [2.45, 2.75) is 20.3 Å². The molecule has 1 aromatic heterocycles. The lowest BCUT2D eigenvalue weighted by Gasteiger charge is -2.09. The van der Waals surface area contributed by atoms with Crippen molar-refractivity contribution in [3.63, 3.8) is 0 Å². The van der Waals surface area contributed by atoms with Crippen molar-refractivity contribution in [1.29, 1.82) is 0 Å². The summed E-state index contributed by atoms with van der Waals surface area (Å²) in [6.07, 6.45) is 0.837. The summed E-state index contributed by atoms with van der Waals surface area (Å²) in [6, 6.07) is 7.28. The molecular weight excluding hydrogens is 268 g/mol. The summed E-state index contributed by atoms with van der Waals surface area (Å²) < 4.78 is 5.42. The predicted octanol–water partition coefficient (Wildman–Crippen LogP) is 1.79. The van der Waals surface area contributed by atoms with Gasteiger partial charge in [-0.3, -0.25) is 15.6 Å². The zero-order chi connectivity index (χ0) is 14.8. The number of hydrazine groups is 1. The number of hydrogen-bond donors (Lipinski definition) is 2. The van der Waals surface area contributed by atoms with Crippen LogP contribution in [0.15, 0.2) is 24.3 Å². The first-order valence-electron chi connectivity index (χ1n) is 6.76. The Balaban J connectivity index is 1.69. The van der Waals surface area contributed by atoms with Crippen LogP contribution in [0, 0.1) is 13.8 Å². The molecule has 108 valence electrons. The highest BCUT2D eigenvalue weighted by molar-refractivity contribution is 5.95. The molecule has 2 heterocycles. The van der Waals surface area contributed by atoms with E-state index in [2.05, 4.69) is 20.8 Å². The summed E-state index contributed by atoms with van der Waals surface area (Å²) in [5.41, 5.74) is 8.67. The summed E-state index contributed by atoms with van der Waals surface area (Å²) in [7, 11) is 0. The molecule has 21 heavy (non-hydrogen) atoms. The molecule has 0 unspecified atom stereocenters. The van der Waals surface area contributed by atoms with Crippen molar-refractivity contribution in [1.82, 2.24) is 15.4 Å². The van der Waals surface area contributed by atoms with E-state index >= 15 is 0 Å². The van der Waals surface area contributed by atoms with Gasteiger partial charge in [0.2, 0.25) is 5.95 Å². The standard InChI is InChI=1S/C15H16N4O2/c1-9-7-10(2)17-15(16-9)19-18-14(20)12-3-4-13-11(8-12)5-6-21-13/h3-4,7-8H,5-6H2,1-2H3,(H,18,20)(H,16,17,19). The number of ether oxygens (including phenoxy) is 1. The van der Waals surface area contributed by atoms with Crippen LogP contribution in [-0.2, 0) is 6.42 Å². The quantitative estimate of drug-likeness (QED) is 0.840. The van der Waals surface area contributed by atoms with Crippen molar-refractivity contribution in [3.8, 4) is 5.75 Å². The molecule has 6 heteroatoms. The maximum atomic E-state index is 12.1. The molecule has 1 amide bonds. The monoisotopic (exact) mass is 284 g/mol. The summed E-state index contributed by atoms with van der Waals surface area (Å²) in [5, 5.41) is 0. The van der Waals surface area contributed by atoms with Crippen molar-refractivity contribution < 1.29 is 9.53 Å². The molecule has 2 aromatic rings. The number of carbonyl (C=O) groups excluding carboxylic acids is 1. The van der Waals surface area contributed by atoms with Crippen LogP contribution < -0.4 is 15.6 Å². The van der Waals surface area contributed by atoms with E-state index in [1.165, 1.54) is 0 Å². The Morgan fingerprint density at radius 2 is 1.95 bits per heavy atom. The Morgan fingerprint density at radius 1 is 1.19 bits per heavy atom. The number of nitrogens with zero attached hydrogens (tertiary/aromatic N) is 2. The minimum absolute atomic E-state index is 0.229. The van der Waals surface area contributed by atoms with Gasteiger partial charge in [-0.2, -0.15) is 0 Å². The van der Waals surface area contributed by atoms with E-state index in [0.717, 1.165) is 29.1 Å². The Bertz CT molecular complexity index is 680. The lowest BCUT2D eigenvalue weighted by atomic mass is 10.1. The van der Waals surface area contributed by atoms with Crippen molar-refractivity contribution >= 4 is 11.9 Å². The molecule has 0 atom stereocenters. The molecule has 1 aliphatic heterocycles. The van der Waals surface area contributed by atoms with Crippen molar-refractivity contribution in [2.24, 2.45) is 0 Å². The van der Waals surface area contributed by atoms with Gasteiger partial charge in [0.15, 0.2) is 0 Å². The van der Waals surface area contributed by atoms with E-state index in [4.69, 9.17) is 4.74 Å². The maximum absolute atomic E-state index is 12.1. The minimum atomic E-state index is -0.229. The van der Waals surface area contributed by atoms with E-state index in [-0.39, 0.29) is 5.91 Å². The highest BCUT2D eigenvalue weighted by Gasteiger charge is 2.15. The average molecular weight is 284 g/mol. The highest BCUT2D eigenvalue weighted by Crippen LogP contribution is 2.25. The number of fused-ring (bicyclic) bond motifs is 1. The third-order valence-electron chi connectivity index (χ3n) is 3.22. The average Bonchev–Trinajstić information content (AvgIpc) is 2.91. The molecule has 0 radical (unpaired) electrons. The SMILES string of the molecule is Cc1cc(C)nc(NNC(=O)c2ccc3c(c2)CCO3)n1. The molecule has 0 aliphatic carbocycles. The van der Waals surface area contributed by atoms with Crippen LogP contribution in [-0.4, -0.2) is 22.5 Å². The van der Waals surface area contributed by atoms with E-state index < -0.39 is 0 Å². The maximum Gasteiger partial charge on any atom is 0.269 e. The second kappa shape index (κ2) is 5.40. The zero-order valence-electron chi connectivity index (χ0n) is 11.9. The van der Waals surface area contributed by atoms with Crippen LogP contribution in [0.1, 0.15) is 27.3 Å². The van der Waals surface area contributed by atoms with Crippen molar-refractivity contribution in [2.75, 3.05) is 12.0 Å². The van der Waals surface area contributed by atoms with Crippen LogP contribution in [0.3, 0.4) is 0 Å². The zero-order valence-corrected chi connectivity index (χ0v) is 11.9. The molecular formula is C15H16N4O2. The molecule has 0 saturated heterocycles. The van der Waals surface area contributed by atoms with Crippen LogP contribution in [0.25, 0.3) is 0 Å². The van der Waals surface area contributed by atoms with Crippen LogP contribution in [0.4, 0.5) is 5.95 Å². The smallest absolute Gasteiger partial charge is 0.269 e. The summed E-state index contributed by atoms with van der Waals surface area (Å²) >= 11 is 0. The van der Waals surface area contributed by atoms with E-state index in [9.17, 15) is 4.79 Å². The van der Waals surface area contributed by atoms with Gasteiger partial charge in [-0.25, -0.2) is 9.97 Å². The fourth-order valence-electron chi connectivity index (χ4n) is 2.29. The Morgan fingerprint density at radius 3 is 2.71 bits per heavy atom. The van der Waals surface area contributed by atoms with Gasteiger partial charge >= 0.3 is 0 Å². The first-order chi connectivity index (χ1) is 10.1. The summed E-state index contributed by atoms with van der Waals surface area (Å²) in [4.78, 5) is 20.5. The molecule has 3 rings (SSSR count). The molecule has 6 nitrogen and oxygen atoms in total. The first-order valence-corrected chi connectivity index (χ1v) is 6.76. The van der Waals surface area contributed by atoms with Gasteiger partial charge in [-0.15, -0.1) is 0 Å². The lowest BCUT2D eigenvalue weighted by Crippen LogP contribution is -2.30. The number of hydrogen-bond acceptors (Lipinski definition) is 5. The first kappa shape index (κ1) is 13.4. The Labute approximate surface area is 122 Å². The van der Waals surface area contributed by atoms with Crippen LogP contribution in [0.2, 0.25) is 0 Å². The number of rotatable bonds is 3. The van der Waals surface area contributed by atoms with E-state index in [1.807, 2.05) is 32.0 Å². The van der Waals surface area contributed by atoms with Gasteiger partial charge in [0.25, 0.3) is 5.91 Å². The van der Waals surface area contributed by atoms with E-state index in [0.29, 0.717) is 18.1 Å². The molecule has 0 fully saturated rings. The number of carbonyl (C=O) groups is 1. The van der Waals surface area contributed by atoms with E-state index in [1.54, 1.807) is 6.07 Å². The fourth-order valence-corrected chi connectivity index (χ4v) is 2.29. The topological polar surface area (TPSA) is 76.1 Å². The molecule has 1 aromatic carbocycles. The Kier molecular flexibility index (Phi) is 3.43. The molecule has 2 N–H and O–H groups in total. The largest absolute Gasteiger partial charge is 0.493 e. The number of benzene rings is 1. The Hall–Kier alpha value is -2.63. The third-order valence-corrected chi connectivity index (χ3v) is 3.22. The highest BCUT2D eigenvalue weighted by atomic mass is 16.5. The number of aryl methyl sites for hydroxylation is 2. The van der Waals surface area contributed by atoms with Crippen LogP contribution >= 0.6 is 0 Å². The van der Waals surface area contributed by atoms with Gasteiger partial charge in [-0.05, 0) is 43.7 Å². The van der Waals surface area contributed by atoms with Crippen LogP contribution in [0.5, 0.6) is 5.75 Å². The lowest BCUT2D eigenvalue weighted by molar-refractivity contribution is 0.0962.